The van der Waals surface area contributed by atoms with Crippen molar-refractivity contribution in [3.05, 3.63) is 41.0 Å². The van der Waals surface area contributed by atoms with E-state index in [0.29, 0.717) is 35.4 Å². The number of pyridine rings is 1. The summed E-state index contributed by atoms with van der Waals surface area (Å²) in [5.74, 6) is -0.224. The molecule has 2 aliphatic rings. The first-order chi connectivity index (χ1) is 17.0. The van der Waals surface area contributed by atoms with Gasteiger partial charge in [0.15, 0.2) is 11.4 Å². The van der Waals surface area contributed by atoms with Crippen molar-refractivity contribution in [1.29, 1.82) is 0 Å². The summed E-state index contributed by atoms with van der Waals surface area (Å²) in [7, 11) is 0. The van der Waals surface area contributed by atoms with Gasteiger partial charge in [-0.1, -0.05) is 0 Å². The zero-order chi connectivity index (χ0) is 25.9. The Morgan fingerprint density at radius 2 is 1.86 bits per heavy atom. The van der Waals surface area contributed by atoms with Gasteiger partial charge in [0.1, 0.15) is 18.0 Å². The number of carbonyl (C=O) groups excluding carboxylic acids is 2. The fourth-order valence-electron chi connectivity index (χ4n) is 6.14. The quantitative estimate of drug-likeness (QED) is 0.460. The number of fused-ring (bicyclic) bond motifs is 3. The number of nitrogens with zero attached hydrogens (tertiary/aromatic N) is 5. The number of aryl methyl sites for hydroxylation is 1. The highest BCUT2D eigenvalue weighted by molar-refractivity contribution is 6.00. The minimum Gasteiger partial charge on any atom is -0.387 e. The predicted octanol–water partition coefficient (Wildman–Crippen LogP) is 2.34. The number of piperidine rings is 1. The van der Waals surface area contributed by atoms with Crippen LogP contribution in [0.25, 0.3) is 16.8 Å². The van der Waals surface area contributed by atoms with Crippen molar-refractivity contribution in [2.75, 3.05) is 12.3 Å². The average molecular weight is 493 g/mol. The minimum atomic E-state index is -1.07. The normalized spacial score (nSPS) is 21.8. The Balaban J connectivity index is 1.61. The third-order valence-electron chi connectivity index (χ3n) is 7.57. The van der Waals surface area contributed by atoms with Crippen molar-refractivity contribution in [3.8, 4) is 11.1 Å². The Kier molecular flexibility index (Phi) is 5.83. The molecule has 10 heteroatoms. The number of carbonyl (C=O) groups is 2. The maximum Gasteiger partial charge on any atom is 0.248 e. The summed E-state index contributed by atoms with van der Waals surface area (Å²) in [6, 6.07) is 1.96. The topological polar surface area (TPSA) is 147 Å². The van der Waals surface area contributed by atoms with E-state index in [4.69, 9.17) is 10.7 Å². The zero-order valence-corrected chi connectivity index (χ0v) is 21.0. The molecule has 4 N–H and O–H groups in total. The van der Waals surface area contributed by atoms with E-state index >= 15 is 0 Å². The van der Waals surface area contributed by atoms with Gasteiger partial charge in [-0.3, -0.25) is 14.6 Å². The molecular formula is C26H32N6O4. The third kappa shape index (κ3) is 3.84. The number of anilines is 1. The van der Waals surface area contributed by atoms with E-state index in [2.05, 4.69) is 10.1 Å². The fraction of sp³-hybridized carbons (Fsp3) is 0.500. The number of Topliss-reactive ketones (excluding diaryl/α,β-unsaturated/α-hetero) is 1. The summed E-state index contributed by atoms with van der Waals surface area (Å²) < 4.78 is 1.49. The van der Waals surface area contributed by atoms with Crippen molar-refractivity contribution in [3.63, 3.8) is 0 Å². The van der Waals surface area contributed by atoms with Gasteiger partial charge < -0.3 is 20.8 Å². The summed E-state index contributed by atoms with van der Waals surface area (Å²) in [6.45, 7) is 6.28. The number of amides is 1. The minimum absolute atomic E-state index is 0.0121. The first kappa shape index (κ1) is 24.3. The van der Waals surface area contributed by atoms with Crippen LogP contribution in [-0.2, 0) is 10.4 Å². The molecule has 10 nitrogen and oxygen atoms in total. The van der Waals surface area contributed by atoms with Crippen molar-refractivity contribution >= 4 is 23.2 Å². The number of hydrogen-bond donors (Lipinski definition) is 3. The molecule has 0 aromatic carbocycles. The van der Waals surface area contributed by atoms with Gasteiger partial charge >= 0.3 is 0 Å². The van der Waals surface area contributed by atoms with Gasteiger partial charge in [0.2, 0.25) is 5.91 Å². The lowest BCUT2D eigenvalue weighted by Crippen LogP contribution is -2.47. The van der Waals surface area contributed by atoms with Crippen LogP contribution >= 0.6 is 0 Å². The van der Waals surface area contributed by atoms with E-state index in [9.17, 15) is 19.8 Å². The SMILES string of the molecule is CC(=O)c1c(C2CC3CCC(C2)N3C(=O)CO)nc2c(-c3cnc(C(C)(C)O)c(C)c3)cnn2c1N. The van der Waals surface area contributed by atoms with E-state index in [1.54, 1.807) is 26.2 Å². The van der Waals surface area contributed by atoms with Crippen LogP contribution in [0.4, 0.5) is 5.82 Å². The molecule has 3 aromatic heterocycles. The smallest absolute Gasteiger partial charge is 0.248 e. The highest BCUT2D eigenvalue weighted by Gasteiger charge is 2.44. The molecule has 2 atom stereocenters. The molecule has 2 unspecified atom stereocenters. The van der Waals surface area contributed by atoms with E-state index in [-0.39, 0.29) is 35.5 Å². The molecule has 5 rings (SSSR count). The number of rotatable bonds is 5. The number of aromatic nitrogens is 4. The highest BCUT2D eigenvalue weighted by atomic mass is 16.3. The summed E-state index contributed by atoms with van der Waals surface area (Å²) in [6.07, 6.45) is 6.42. The fourth-order valence-corrected chi connectivity index (χ4v) is 6.14. The standard InChI is InChI=1S/C26H32N6O4/c1-13-7-16(10-28-23(13)26(3,4)36)19-11-29-32-24(27)21(14(2)34)22(30-25(19)32)15-8-17-5-6-18(9-15)31(17)20(35)12-33/h7,10-11,15,17-18,33,36H,5-6,8-9,12,27H2,1-4H3. The second-order valence-corrected chi connectivity index (χ2v) is 10.6. The van der Waals surface area contributed by atoms with Gasteiger partial charge in [0.25, 0.3) is 0 Å². The second kappa shape index (κ2) is 8.63. The Labute approximate surface area is 209 Å². The maximum absolute atomic E-state index is 12.7. The van der Waals surface area contributed by atoms with Crippen LogP contribution in [0.2, 0.25) is 0 Å². The van der Waals surface area contributed by atoms with E-state index in [0.717, 1.165) is 29.5 Å². The monoisotopic (exact) mass is 492 g/mol. The highest BCUT2D eigenvalue weighted by Crippen LogP contribution is 2.44. The summed E-state index contributed by atoms with van der Waals surface area (Å²) >= 11 is 0. The lowest BCUT2D eigenvalue weighted by molar-refractivity contribution is -0.138. The lowest BCUT2D eigenvalue weighted by Gasteiger charge is -2.39. The van der Waals surface area contributed by atoms with E-state index in [1.807, 2.05) is 17.9 Å². The van der Waals surface area contributed by atoms with Crippen molar-refractivity contribution in [2.45, 2.75) is 77.0 Å². The molecule has 3 aromatic rings. The molecule has 2 bridgehead atoms. The lowest BCUT2D eigenvalue weighted by atomic mass is 9.85. The zero-order valence-electron chi connectivity index (χ0n) is 21.0. The van der Waals surface area contributed by atoms with Gasteiger partial charge in [-0.05, 0) is 65.0 Å². The van der Waals surface area contributed by atoms with Crippen LogP contribution in [0.5, 0.6) is 0 Å². The number of nitrogen functional groups attached to an aromatic ring is 1. The van der Waals surface area contributed by atoms with Crippen LogP contribution in [0.15, 0.2) is 18.5 Å². The summed E-state index contributed by atoms with van der Waals surface area (Å²) in [4.78, 5) is 36.3. The number of aliphatic hydroxyl groups excluding tert-OH is 1. The molecule has 1 amide bonds. The Bertz CT molecular complexity index is 1360. The Hall–Kier alpha value is -3.37. The molecule has 190 valence electrons. The molecule has 5 heterocycles. The first-order valence-electron chi connectivity index (χ1n) is 12.3. The number of ketones is 1. The third-order valence-corrected chi connectivity index (χ3v) is 7.57. The van der Waals surface area contributed by atoms with Gasteiger partial charge in [-0.25, -0.2) is 4.98 Å². The molecule has 0 aliphatic carbocycles. The molecule has 2 fully saturated rings. The molecule has 2 saturated heterocycles. The molecule has 0 radical (unpaired) electrons. The molecule has 0 spiro atoms. The second-order valence-electron chi connectivity index (χ2n) is 10.6. The van der Waals surface area contributed by atoms with Crippen molar-refractivity contribution in [2.24, 2.45) is 0 Å². The number of nitrogens with two attached hydrogens (primary N) is 1. The molecule has 0 saturated carbocycles. The number of aliphatic hydroxyl groups is 2. The van der Waals surface area contributed by atoms with Crippen LogP contribution in [0.1, 0.15) is 79.7 Å². The van der Waals surface area contributed by atoms with Crippen LogP contribution < -0.4 is 5.73 Å². The van der Waals surface area contributed by atoms with Crippen molar-refractivity contribution in [1.82, 2.24) is 24.5 Å². The maximum atomic E-state index is 12.7. The van der Waals surface area contributed by atoms with Crippen molar-refractivity contribution < 1.29 is 19.8 Å². The van der Waals surface area contributed by atoms with E-state index < -0.39 is 12.2 Å². The molecule has 36 heavy (non-hydrogen) atoms. The average Bonchev–Trinajstić information content (AvgIpc) is 3.35. The van der Waals surface area contributed by atoms with Crippen LogP contribution in [0.3, 0.4) is 0 Å². The van der Waals surface area contributed by atoms with E-state index in [1.165, 1.54) is 11.4 Å². The van der Waals surface area contributed by atoms with Gasteiger partial charge in [-0.15, -0.1) is 0 Å². The van der Waals surface area contributed by atoms with Crippen LogP contribution in [-0.4, -0.2) is 65.1 Å². The summed E-state index contributed by atoms with van der Waals surface area (Å²) in [5, 5.41) is 24.2. The Morgan fingerprint density at radius 1 is 1.19 bits per heavy atom. The first-order valence-corrected chi connectivity index (χ1v) is 12.3. The summed E-state index contributed by atoms with van der Waals surface area (Å²) in [5.41, 5.74) is 9.92. The predicted molar refractivity (Wildman–Crippen MR) is 133 cm³/mol. The van der Waals surface area contributed by atoms with Gasteiger partial charge in [-0.2, -0.15) is 9.61 Å². The van der Waals surface area contributed by atoms with Gasteiger partial charge in [0, 0.05) is 35.3 Å². The Morgan fingerprint density at radius 3 is 2.42 bits per heavy atom. The van der Waals surface area contributed by atoms with Crippen LogP contribution in [0, 0.1) is 6.92 Å². The molecule has 2 aliphatic heterocycles. The molecular weight excluding hydrogens is 460 g/mol. The van der Waals surface area contributed by atoms with Gasteiger partial charge in [0.05, 0.1) is 23.1 Å². The number of hydrogen-bond acceptors (Lipinski definition) is 8. The largest absolute Gasteiger partial charge is 0.387 e.